The molecule has 1 unspecified atom stereocenters. The number of hydrogen-bond donors (Lipinski definition) is 0. The van der Waals surface area contributed by atoms with Gasteiger partial charge in [-0.05, 0) is 55.2 Å². The van der Waals surface area contributed by atoms with Crippen LogP contribution in [0, 0.1) is 16.7 Å². The maximum absolute atomic E-state index is 12.5. The second kappa shape index (κ2) is 13.6. The van der Waals surface area contributed by atoms with Gasteiger partial charge in [-0.1, -0.05) is 83.1 Å². The summed E-state index contributed by atoms with van der Waals surface area (Å²) < 4.78 is 11.3. The summed E-state index contributed by atoms with van der Waals surface area (Å²) in [6, 6.07) is 17.6. The van der Waals surface area contributed by atoms with E-state index in [0.717, 1.165) is 42.7 Å². The molecule has 0 radical (unpaired) electrons. The smallest absolute Gasteiger partial charge is 0.331 e. The summed E-state index contributed by atoms with van der Waals surface area (Å²) in [6.07, 6.45) is 9.77. The lowest BCUT2D eigenvalue weighted by Gasteiger charge is -2.19. The summed E-state index contributed by atoms with van der Waals surface area (Å²) in [5.41, 5.74) is 0.987. The van der Waals surface area contributed by atoms with Crippen LogP contribution in [0.1, 0.15) is 78.6 Å². The highest BCUT2D eigenvalue weighted by Gasteiger charge is 2.34. The van der Waals surface area contributed by atoms with Crippen LogP contribution in [0.2, 0.25) is 0 Å². The number of hydrogen-bond acceptors (Lipinski definition) is 4. The van der Waals surface area contributed by atoms with Gasteiger partial charge in [-0.2, -0.15) is 5.26 Å². The predicted octanol–water partition coefficient (Wildman–Crippen LogP) is 7.72. The van der Waals surface area contributed by atoms with Crippen molar-refractivity contribution in [1.29, 1.82) is 5.26 Å². The Balaban J connectivity index is 1.86. The van der Waals surface area contributed by atoms with Gasteiger partial charge in [0.1, 0.15) is 11.5 Å². The van der Waals surface area contributed by atoms with E-state index >= 15 is 0 Å². The second-order valence-electron chi connectivity index (χ2n) is 8.60. The molecule has 4 heteroatoms. The number of nitriles is 1. The SMILES string of the molecule is CCCCCCCCOc1ccc(-c2ccc(OC(=O)C(C)(C#N)CCCC)cc2)cc1. The summed E-state index contributed by atoms with van der Waals surface area (Å²) >= 11 is 0. The van der Waals surface area contributed by atoms with E-state index in [0.29, 0.717) is 12.2 Å². The second-order valence-corrected chi connectivity index (χ2v) is 8.60. The van der Waals surface area contributed by atoms with Crippen molar-refractivity contribution in [2.24, 2.45) is 5.41 Å². The summed E-state index contributed by atoms with van der Waals surface area (Å²) in [4.78, 5) is 12.5. The molecular formula is C28H37NO3. The van der Waals surface area contributed by atoms with E-state index in [2.05, 4.69) is 13.0 Å². The lowest BCUT2D eigenvalue weighted by atomic mass is 9.87. The molecule has 1 atom stereocenters. The molecular weight excluding hydrogens is 398 g/mol. The molecule has 0 amide bonds. The highest BCUT2D eigenvalue weighted by Crippen LogP contribution is 2.28. The Kier molecular flexibility index (Phi) is 10.8. The van der Waals surface area contributed by atoms with Crippen molar-refractivity contribution in [3.8, 4) is 28.7 Å². The quantitative estimate of drug-likeness (QED) is 0.173. The standard InChI is InChI=1S/C28H37NO3/c1-4-6-8-9-10-11-21-31-25-16-12-23(13-17-25)24-14-18-26(19-15-24)32-27(30)28(3,22-29)20-7-5-2/h12-19H,4-11,20-21H2,1-3H3. The molecule has 32 heavy (non-hydrogen) atoms. The molecule has 0 heterocycles. The first-order valence-electron chi connectivity index (χ1n) is 12.0. The van der Waals surface area contributed by atoms with Gasteiger partial charge in [0.15, 0.2) is 5.41 Å². The van der Waals surface area contributed by atoms with Crippen molar-refractivity contribution in [3.63, 3.8) is 0 Å². The monoisotopic (exact) mass is 435 g/mol. The average molecular weight is 436 g/mol. The van der Waals surface area contributed by atoms with E-state index in [1.807, 2.05) is 43.3 Å². The van der Waals surface area contributed by atoms with Crippen molar-refractivity contribution in [2.45, 2.75) is 78.6 Å². The molecule has 2 aromatic carbocycles. The van der Waals surface area contributed by atoms with Gasteiger partial charge >= 0.3 is 5.97 Å². The molecule has 0 bridgehead atoms. The molecule has 2 aromatic rings. The van der Waals surface area contributed by atoms with Crippen LogP contribution in [-0.2, 0) is 4.79 Å². The number of nitrogens with zero attached hydrogens (tertiary/aromatic N) is 1. The van der Waals surface area contributed by atoms with Gasteiger partial charge in [0.25, 0.3) is 0 Å². The molecule has 0 fully saturated rings. The van der Waals surface area contributed by atoms with Crippen LogP contribution in [0.3, 0.4) is 0 Å². The van der Waals surface area contributed by atoms with Crippen molar-refractivity contribution in [1.82, 2.24) is 0 Å². The van der Waals surface area contributed by atoms with Crippen LogP contribution in [0.15, 0.2) is 48.5 Å². The van der Waals surface area contributed by atoms with Crippen molar-refractivity contribution in [3.05, 3.63) is 48.5 Å². The summed E-state index contributed by atoms with van der Waals surface area (Å²) in [7, 11) is 0. The zero-order chi connectivity index (χ0) is 23.2. The number of carbonyl (C=O) groups is 1. The van der Waals surface area contributed by atoms with Gasteiger partial charge in [-0.3, -0.25) is 0 Å². The Labute approximate surface area is 193 Å². The number of esters is 1. The van der Waals surface area contributed by atoms with Crippen molar-refractivity contribution >= 4 is 5.97 Å². The number of benzene rings is 2. The van der Waals surface area contributed by atoms with Crippen molar-refractivity contribution < 1.29 is 14.3 Å². The van der Waals surface area contributed by atoms with Crippen LogP contribution < -0.4 is 9.47 Å². The highest BCUT2D eigenvalue weighted by molar-refractivity contribution is 5.81. The average Bonchev–Trinajstić information content (AvgIpc) is 2.83. The summed E-state index contributed by atoms with van der Waals surface area (Å²) in [5, 5.41) is 9.43. The van der Waals surface area contributed by atoms with Gasteiger partial charge in [-0.25, -0.2) is 4.79 Å². The van der Waals surface area contributed by atoms with Crippen LogP contribution in [-0.4, -0.2) is 12.6 Å². The fourth-order valence-electron chi connectivity index (χ4n) is 3.49. The zero-order valence-corrected chi connectivity index (χ0v) is 19.9. The Morgan fingerprint density at radius 3 is 1.91 bits per heavy atom. The Morgan fingerprint density at radius 2 is 1.34 bits per heavy atom. The van der Waals surface area contributed by atoms with Gasteiger partial charge in [0, 0.05) is 0 Å². The molecule has 4 nitrogen and oxygen atoms in total. The summed E-state index contributed by atoms with van der Waals surface area (Å²) in [5.74, 6) is 0.847. The summed E-state index contributed by atoms with van der Waals surface area (Å²) in [6.45, 7) is 6.67. The number of carbonyl (C=O) groups excluding carboxylic acids is 1. The maximum atomic E-state index is 12.5. The first-order chi connectivity index (χ1) is 15.5. The number of ether oxygens (including phenoxy) is 2. The minimum atomic E-state index is -1.11. The minimum Gasteiger partial charge on any atom is -0.494 e. The fraction of sp³-hybridized carbons (Fsp3) is 0.500. The maximum Gasteiger partial charge on any atom is 0.331 e. The van der Waals surface area contributed by atoms with E-state index in [1.165, 1.54) is 32.1 Å². The van der Waals surface area contributed by atoms with Crippen LogP contribution in [0.4, 0.5) is 0 Å². The Hall–Kier alpha value is -2.80. The minimum absolute atomic E-state index is 0.454. The number of rotatable bonds is 14. The Morgan fingerprint density at radius 1 is 0.812 bits per heavy atom. The Bertz CT molecular complexity index is 852. The first kappa shape index (κ1) is 25.5. The van der Waals surface area contributed by atoms with Gasteiger partial charge < -0.3 is 9.47 Å². The molecule has 0 saturated carbocycles. The fourth-order valence-corrected chi connectivity index (χ4v) is 3.49. The van der Waals surface area contributed by atoms with Gasteiger partial charge in [0.05, 0.1) is 12.7 Å². The molecule has 0 aliphatic heterocycles. The van der Waals surface area contributed by atoms with Crippen molar-refractivity contribution in [2.75, 3.05) is 6.61 Å². The lowest BCUT2D eigenvalue weighted by Crippen LogP contribution is -2.30. The number of unbranched alkanes of at least 4 members (excludes halogenated alkanes) is 6. The third kappa shape index (κ3) is 8.04. The first-order valence-corrected chi connectivity index (χ1v) is 12.0. The van der Waals surface area contributed by atoms with Crippen LogP contribution in [0.5, 0.6) is 11.5 Å². The molecule has 0 spiro atoms. The van der Waals surface area contributed by atoms with Crippen LogP contribution in [0.25, 0.3) is 11.1 Å². The van der Waals surface area contributed by atoms with E-state index in [9.17, 15) is 10.1 Å². The van der Waals surface area contributed by atoms with E-state index in [1.54, 1.807) is 19.1 Å². The lowest BCUT2D eigenvalue weighted by molar-refractivity contribution is -0.142. The van der Waals surface area contributed by atoms with Crippen LogP contribution >= 0.6 is 0 Å². The van der Waals surface area contributed by atoms with E-state index in [4.69, 9.17) is 9.47 Å². The third-order valence-corrected chi connectivity index (χ3v) is 5.75. The normalized spacial score (nSPS) is 12.6. The highest BCUT2D eigenvalue weighted by atomic mass is 16.5. The van der Waals surface area contributed by atoms with E-state index < -0.39 is 11.4 Å². The largest absolute Gasteiger partial charge is 0.494 e. The van der Waals surface area contributed by atoms with Gasteiger partial charge in [0.2, 0.25) is 0 Å². The molecule has 0 N–H and O–H groups in total. The third-order valence-electron chi connectivity index (χ3n) is 5.75. The molecule has 0 saturated heterocycles. The molecule has 0 aliphatic carbocycles. The van der Waals surface area contributed by atoms with E-state index in [-0.39, 0.29) is 0 Å². The molecule has 0 aromatic heterocycles. The predicted molar refractivity (Wildman–Crippen MR) is 130 cm³/mol. The topological polar surface area (TPSA) is 59.3 Å². The molecule has 172 valence electrons. The molecule has 2 rings (SSSR count). The van der Waals surface area contributed by atoms with Gasteiger partial charge in [-0.15, -0.1) is 0 Å². The molecule has 0 aliphatic rings. The zero-order valence-electron chi connectivity index (χ0n) is 19.9.